The number of carbonyl (C=O) groups excluding carboxylic acids is 1. The van der Waals surface area contributed by atoms with Crippen LogP contribution in [-0.2, 0) is 6.42 Å². The summed E-state index contributed by atoms with van der Waals surface area (Å²) < 4.78 is 20.4. The fraction of sp³-hybridized carbons (Fsp3) is 0.333. The summed E-state index contributed by atoms with van der Waals surface area (Å²) in [5.41, 5.74) is 2.89. The Kier molecular flexibility index (Phi) is 4.66. The molecule has 5 nitrogen and oxygen atoms in total. The van der Waals surface area contributed by atoms with Crippen molar-refractivity contribution in [2.45, 2.75) is 38.8 Å². The van der Waals surface area contributed by atoms with Crippen molar-refractivity contribution in [1.29, 1.82) is 0 Å². The third kappa shape index (κ3) is 3.21. The molecule has 0 saturated carbocycles. The zero-order valence-electron chi connectivity index (χ0n) is 17.1. The average molecular weight is 405 g/mol. The summed E-state index contributed by atoms with van der Waals surface area (Å²) in [6, 6.07) is 11.2. The van der Waals surface area contributed by atoms with Crippen molar-refractivity contribution in [2.24, 2.45) is 0 Å². The minimum absolute atomic E-state index is 0.0372. The fourth-order valence-corrected chi connectivity index (χ4v) is 4.54. The van der Waals surface area contributed by atoms with Gasteiger partial charge in [0, 0.05) is 48.4 Å². The highest BCUT2D eigenvalue weighted by molar-refractivity contribution is 5.99. The van der Waals surface area contributed by atoms with Crippen molar-refractivity contribution in [3.8, 4) is 11.5 Å². The summed E-state index contributed by atoms with van der Waals surface area (Å²) in [7, 11) is 0. The van der Waals surface area contributed by atoms with Crippen LogP contribution >= 0.6 is 0 Å². The number of aromatic nitrogens is 1. The monoisotopic (exact) mass is 405 g/mol. The number of carbonyl (C=O) groups is 1. The average Bonchev–Trinajstić information content (AvgIpc) is 3.39. The van der Waals surface area contributed by atoms with E-state index in [-0.39, 0.29) is 17.8 Å². The molecule has 5 rings (SSSR count). The van der Waals surface area contributed by atoms with E-state index in [1.54, 1.807) is 12.3 Å². The minimum Gasteiger partial charge on any atom is -0.456 e. The number of aryl methyl sites for hydroxylation is 2. The first-order chi connectivity index (χ1) is 14.5. The highest BCUT2D eigenvalue weighted by atomic mass is 19.1. The van der Waals surface area contributed by atoms with Gasteiger partial charge in [0.1, 0.15) is 17.3 Å². The third-order valence-electron chi connectivity index (χ3n) is 6.21. The lowest BCUT2D eigenvalue weighted by molar-refractivity contribution is 0.0716. The molecule has 0 radical (unpaired) electrons. The molecule has 6 heteroatoms. The molecule has 1 aromatic heterocycles. The first kappa shape index (κ1) is 19.0. The number of benzene rings is 2. The summed E-state index contributed by atoms with van der Waals surface area (Å²) in [6.07, 6.45) is 3.31. The van der Waals surface area contributed by atoms with Gasteiger partial charge in [-0.15, -0.1) is 0 Å². The fourth-order valence-electron chi connectivity index (χ4n) is 4.54. The van der Waals surface area contributed by atoms with Crippen molar-refractivity contribution >= 4 is 16.8 Å². The zero-order chi connectivity index (χ0) is 20.8. The van der Waals surface area contributed by atoms with Crippen LogP contribution in [0.25, 0.3) is 10.9 Å². The van der Waals surface area contributed by atoms with E-state index in [1.165, 1.54) is 6.07 Å². The van der Waals surface area contributed by atoms with Crippen LogP contribution in [0.5, 0.6) is 11.5 Å². The highest BCUT2D eigenvalue weighted by Gasteiger charge is 2.40. The Bertz CT molecular complexity index is 1150. The Morgan fingerprint density at radius 3 is 2.87 bits per heavy atom. The van der Waals surface area contributed by atoms with E-state index in [9.17, 15) is 9.18 Å². The Hall–Kier alpha value is -2.99. The van der Waals surface area contributed by atoms with Gasteiger partial charge in [0.05, 0.1) is 5.52 Å². The molecule has 3 aromatic rings. The number of hydrogen-bond acceptors (Lipinski definition) is 4. The van der Waals surface area contributed by atoms with Gasteiger partial charge in [-0.3, -0.25) is 9.78 Å². The van der Waals surface area contributed by atoms with E-state index < -0.39 is 0 Å². The first-order valence-corrected chi connectivity index (χ1v) is 10.4. The van der Waals surface area contributed by atoms with Gasteiger partial charge in [-0.1, -0.05) is 6.92 Å². The van der Waals surface area contributed by atoms with Crippen molar-refractivity contribution < 1.29 is 13.9 Å². The van der Waals surface area contributed by atoms with Crippen molar-refractivity contribution in [2.75, 3.05) is 13.1 Å². The summed E-state index contributed by atoms with van der Waals surface area (Å²) in [5.74, 6) is 0.795. The molecule has 2 fully saturated rings. The number of hydrogen-bond donors (Lipinski definition) is 1. The van der Waals surface area contributed by atoms with Crippen molar-refractivity contribution in [1.82, 2.24) is 15.2 Å². The summed E-state index contributed by atoms with van der Waals surface area (Å²) in [4.78, 5) is 19.5. The molecular weight excluding hydrogens is 381 g/mol. The number of ether oxygens (including phenoxy) is 1. The van der Waals surface area contributed by atoms with Crippen LogP contribution in [-0.4, -0.2) is 41.0 Å². The molecule has 2 unspecified atom stereocenters. The Morgan fingerprint density at radius 2 is 2.13 bits per heavy atom. The van der Waals surface area contributed by atoms with Gasteiger partial charge >= 0.3 is 0 Å². The summed E-state index contributed by atoms with van der Waals surface area (Å²) >= 11 is 0. The van der Waals surface area contributed by atoms with Crippen LogP contribution < -0.4 is 10.1 Å². The summed E-state index contributed by atoms with van der Waals surface area (Å²) in [6.45, 7) is 5.44. The van der Waals surface area contributed by atoms with Gasteiger partial charge in [-0.2, -0.15) is 0 Å². The number of rotatable bonds is 4. The van der Waals surface area contributed by atoms with Gasteiger partial charge < -0.3 is 15.0 Å². The number of fused-ring (bicyclic) bond motifs is 3. The maximum Gasteiger partial charge on any atom is 0.254 e. The van der Waals surface area contributed by atoms with E-state index in [2.05, 4.69) is 10.3 Å². The maximum absolute atomic E-state index is 14.3. The third-order valence-corrected chi connectivity index (χ3v) is 6.21. The van der Waals surface area contributed by atoms with Crippen LogP contribution in [0.15, 0.2) is 42.6 Å². The molecule has 3 heterocycles. The molecule has 2 saturated heterocycles. The van der Waals surface area contributed by atoms with Gasteiger partial charge in [0.2, 0.25) is 0 Å². The van der Waals surface area contributed by atoms with E-state index in [1.807, 2.05) is 43.0 Å². The molecule has 2 atom stereocenters. The molecule has 2 aromatic carbocycles. The molecule has 2 aliphatic rings. The SMILES string of the molecule is CCc1cc(C)c(Oc2ccnc3ccc(C(=O)N4CC5CC4CN5)cc23)cc1F. The van der Waals surface area contributed by atoms with Gasteiger partial charge in [0.15, 0.2) is 0 Å². The number of likely N-dealkylation sites (tertiary alicyclic amines) is 1. The van der Waals surface area contributed by atoms with Crippen molar-refractivity contribution in [3.05, 3.63) is 65.1 Å². The molecule has 2 bridgehead atoms. The molecule has 1 N–H and O–H groups in total. The number of nitrogens with one attached hydrogen (secondary N) is 1. The normalized spacial score (nSPS) is 20.2. The number of pyridine rings is 1. The number of halogens is 1. The smallest absolute Gasteiger partial charge is 0.254 e. The minimum atomic E-state index is -0.273. The molecular formula is C24H24FN3O2. The highest BCUT2D eigenvalue weighted by Crippen LogP contribution is 2.33. The van der Waals surface area contributed by atoms with E-state index in [4.69, 9.17) is 4.74 Å². The summed E-state index contributed by atoms with van der Waals surface area (Å²) in [5, 5.41) is 4.16. The van der Waals surface area contributed by atoms with Gasteiger partial charge in [-0.25, -0.2) is 4.39 Å². The van der Waals surface area contributed by atoms with E-state index in [0.717, 1.165) is 36.0 Å². The second kappa shape index (κ2) is 7.36. The number of piperazine rings is 1. The van der Waals surface area contributed by atoms with Crippen LogP contribution in [0.4, 0.5) is 4.39 Å². The van der Waals surface area contributed by atoms with Gasteiger partial charge in [0.25, 0.3) is 5.91 Å². The largest absolute Gasteiger partial charge is 0.456 e. The first-order valence-electron chi connectivity index (χ1n) is 10.4. The lowest BCUT2D eigenvalue weighted by atomic mass is 10.1. The van der Waals surface area contributed by atoms with Crippen LogP contribution in [0.2, 0.25) is 0 Å². The van der Waals surface area contributed by atoms with Crippen LogP contribution in [0.3, 0.4) is 0 Å². The number of amides is 1. The lowest BCUT2D eigenvalue weighted by Gasteiger charge is -2.27. The second-order valence-electron chi connectivity index (χ2n) is 8.16. The lowest BCUT2D eigenvalue weighted by Crippen LogP contribution is -2.46. The second-order valence-corrected chi connectivity index (χ2v) is 8.16. The van der Waals surface area contributed by atoms with Gasteiger partial charge in [-0.05, 0) is 61.2 Å². The quantitative estimate of drug-likeness (QED) is 0.706. The van der Waals surface area contributed by atoms with E-state index >= 15 is 0 Å². The Labute approximate surface area is 174 Å². The standard InChI is InChI=1S/C24H24FN3O2/c1-3-15-8-14(2)23(11-20(15)25)30-22-6-7-26-21-5-4-16(9-19(21)22)24(29)28-13-17-10-18(28)12-27-17/h4-9,11,17-18,27H,3,10,12-13H2,1-2H3. The number of nitrogens with zero attached hydrogens (tertiary/aromatic N) is 2. The molecule has 154 valence electrons. The topological polar surface area (TPSA) is 54.5 Å². The molecule has 30 heavy (non-hydrogen) atoms. The Balaban J connectivity index is 1.50. The molecule has 2 aliphatic heterocycles. The molecule has 1 amide bonds. The molecule has 0 spiro atoms. The maximum atomic E-state index is 14.3. The van der Waals surface area contributed by atoms with Crippen LogP contribution in [0.1, 0.15) is 34.8 Å². The van der Waals surface area contributed by atoms with Crippen molar-refractivity contribution in [3.63, 3.8) is 0 Å². The van der Waals surface area contributed by atoms with Crippen LogP contribution in [0, 0.1) is 12.7 Å². The molecule has 0 aliphatic carbocycles. The predicted molar refractivity (Wildman–Crippen MR) is 114 cm³/mol. The predicted octanol–water partition coefficient (Wildman–Crippen LogP) is 4.22. The Morgan fingerprint density at radius 1 is 1.27 bits per heavy atom. The van der Waals surface area contributed by atoms with E-state index in [0.29, 0.717) is 35.1 Å². The zero-order valence-corrected chi connectivity index (χ0v) is 17.1.